The van der Waals surface area contributed by atoms with Crippen LogP contribution < -0.4 is 0 Å². The van der Waals surface area contributed by atoms with Gasteiger partial charge in [0.15, 0.2) is 0 Å². The maximum atomic E-state index is 9.34. The quantitative estimate of drug-likeness (QED) is 0.677. The van der Waals surface area contributed by atoms with Crippen LogP contribution in [-0.2, 0) is 0 Å². The minimum atomic E-state index is -0.585. The van der Waals surface area contributed by atoms with Crippen molar-refractivity contribution in [1.82, 2.24) is 4.98 Å². The molecule has 58 valence electrons. The summed E-state index contributed by atoms with van der Waals surface area (Å²) >= 11 is 1.44. The summed E-state index contributed by atoms with van der Waals surface area (Å²) in [5.74, 6) is 2.39. The van der Waals surface area contributed by atoms with E-state index in [4.69, 9.17) is 6.42 Å². The fraction of sp³-hybridized carbons (Fsp3) is 0.375. The van der Waals surface area contributed by atoms with Gasteiger partial charge in [-0.05, 0) is 6.92 Å². The van der Waals surface area contributed by atoms with Crippen LogP contribution in [0.2, 0.25) is 0 Å². The number of aryl methyl sites for hydroxylation is 1. The van der Waals surface area contributed by atoms with E-state index in [1.165, 1.54) is 11.3 Å². The molecule has 0 aliphatic carbocycles. The minimum absolute atomic E-state index is 0.340. The molecule has 0 aliphatic rings. The van der Waals surface area contributed by atoms with Gasteiger partial charge in [-0.3, -0.25) is 0 Å². The average Bonchev–Trinajstić information content (AvgIpc) is 2.36. The van der Waals surface area contributed by atoms with Gasteiger partial charge in [-0.25, -0.2) is 4.98 Å². The number of terminal acetylenes is 1. The summed E-state index contributed by atoms with van der Waals surface area (Å²) in [6.07, 6.45) is 4.80. The van der Waals surface area contributed by atoms with Gasteiger partial charge in [-0.2, -0.15) is 0 Å². The number of aromatic nitrogens is 1. The molecule has 0 amide bonds. The minimum Gasteiger partial charge on any atom is -0.385 e. The molecule has 11 heavy (non-hydrogen) atoms. The normalized spacial score (nSPS) is 12.5. The lowest BCUT2D eigenvalue weighted by Crippen LogP contribution is -1.94. The van der Waals surface area contributed by atoms with E-state index in [1.807, 2.05) is 12.3 Å². The Labute approximate surface area is 69.9 Å². The molecule has 2 nitrogen and oxygen atoms in total. The van der Waals surface area contributed by atoms with Gasteiger partial charge >= 0.3 is 0 Å². The Morgan fingerprint density at radius 3 is 3.09 bits per heavy atom. The second-order valence-electron chi connectivity index (χ2n) is 2.25. The van der Waals surface area contributed by atoms with Crippen LogP contribution in [0.25, 0.3) is 0 Å². The van der Waals surface area contributed by atoms with E-state index in [-0.39, 0.29) is 0 Å². The summed E-state index contributed by atoms with van der Waals surface area (Å²) in [6, 6.07) is 0. The van der Waals surface area contributed by atoms with Gasteiger partial charge in [0.05, 0.1) is 0 Å². The van der Waals surface area contributed by atoms with Crippen LogP contribution in [0.15, 0.2) is 5.38 Å². The SMILES string of the molecule is C#CCC(O)c1nc(C)cs1. The second kappa shape index (κ2) is 3.51. The van der Waals surface area contributed by atoms with E-state index in [0.29, 0.717) is 11.4 Å². The Kier molecular flexibility index (Phi) is 2.64. The maximum absolute atomic E-state index is 9.34. The topological polar surface area (TPSA) is 33.1 Å². The number of hydrogen-bond donors (Lipinski definition) is 1. The Hall–Kier alpha value is -0.850. The van der Waals surface area contributed by atoms with Crippen LogP contribution in [0.3, 0.4) is 0 Å². The summed E-state index contributed by atoms with van der Waals surface area (Å²) in [5, 5.41) is 11.9. The summed E-state index contributed by atoms with van der Waals surface area (Å²) in [6.45, 7) is 1.89. The van der Waals surface area contributed by atoms with Crippen molar-refractivity contribution in [1.29, 1.82) is 0 Å². The van der Waals surface area contributed by atoms with E-state index in [0.717, 1.165) is 5.69 Å². The number of aliphatic hydroxyl groups is 1. The van der Waals surface area contributed by atoms with Crippen LogP contribution in [0.1, 0.15) is 23.2 Å². The predicted octanol–water partition coefficient (Wildman–Crippen LogP) is 1.51. The highest BCUT2D eigenvalue weighted by Gasteiger charge is 2.08. The molecule has 0 radical (unpaired) electrons. The molecule has 1 aromatic heterocycles. The average molecular weight is 167 g/mol. The Bertz CT molecular complexity index is 274. The third-order valence-corrected chi connectivity index (χ3v) is 2.30. The van der Waals surface area contributed by atoms with Crippen LogP contribution in [-0.4, -0.2) is 10.1 Å². The number of rotatable bonds is 2. The van der Waals surface area contributed by atoms with Crippen molar-refractivity contribution in [3.8, 4) is 12.3 Å². The molecule has 1 rings (SSSR count). The highest BCUT2D eigenvalue weighted by atomic mass is 32.1. The van der Waals surface area contributed by atoms with Crippen LogP contribution >= 0.6 is 11.3 Å². The largest absolute Gasteiger partial charge is 0.385 e. The van der Waals surface area contributed by atoms with Crippen molar-refractivity contribution in [2.45, 2.75) is 19.4 Å². The molecule has 1 aromatic rings. The van der Waals surface area contributed by atoms with Crippen molar-refractivity contribution in [3.63, 3.8) is 0 Å². The Balaban J connectivity index is 2.70. The highest BCUT2D eigenvalue weighted by molar-refractivity contribution is 7.09. The van der Waals surface area contributed by atoms with Gasteiger partial charge in [-0.15, -0.1) is 23.7 Å². The van der Waals surface area contributed by atoms with E-state index in [1.54, 1.807) is 0 Å². The number of thiazole rings is 1. The van der Waals surface area contributed by atoms with Crippen molar-refractivity contribution in [2.75, 3.05) is 0 Å². The zero-order valence-corrected chi connectivity index (χ0v) is 7.06. The van der Waals surface area contributed by atoms with Crippen molar-refractivity contribution in [3.05, 3.63) is 16.1 Å². The van der Waals surface area contributed by atoms with Crippen molar-refractivity contribution >= 4 is 11.3 Å². The number of aliphatic hydroxyl groups excluding tert-OH is 1. The van der Waals surface area contributed by atoms with E-state index in [2.05, 4.69) is 10.9 Å². The molecule has 1 atom stereocenters. The zero-order valence-electron chi connectivity index (χ0n) is 6.24. The van der Waals surface area contributed by atoms with Crippen LogP contribution in [0.5, 0.6) is 0 Å². The first-order chi connectivity index (χ1) is 5.24. The fourth-order valence-electron chi connectivity index (χ4n) is 0.724. The summed E-state index contributed by atoms with van der Waals surface area (Å²) in [7, 11) is 0. The Morgan fingerprint density at radius 1 is 1.91 bits per heavy atom. The summed E-state index contributed by atoms with van der Waals surface area (Å²) in [4.78, 5) is 4.10. The molecule has 0 aromatic carbocycles. The smallest absolute Gasteiger partial charge is 0.122 e. The van der Waals surface area contributed by atoms with Crippen molar-refractivity contribution in [2.24, 2.45) is 0 Å². The molecule has 1 unspecified atom stereocenters. The first-order valence-electron chi connectivity index (χ1n) is 3.27. The molecule has 0 bridgehead atoms. The monoisotopic (exact) mass is 167 g/mol. The molecule has 0 fully saturated rings. The van der Waals surface area contributed by atoms with Gasteiger partial charge in [0.2, 0.25) is 0 Å². The zero-order chi connectivity index (χ0) is 8.27. The van der Waals surface area contributed by atoms with Gasteiger partial charge in [0.1, 0.15) is 11.1 Å². The summed E-state index contributed by atoms with van der Waals surface area (Å²) < 4.78 is 0. The Morgan fingerprint density at radius 2 is 2.64 bits per heavy atom. The highest BCUT2D eigenvalue weighted by Crippen LogP contribution is 2.19. The third-order valence-electron chi connectivity index (χ3n) is 1.23. The fourth-order valence-corrected chi connectivity index (χ4v) is 1.51. The first kappa shape index (κ1) is 8.25. The van der Waals surface area contributed by atoms with Gasteiger partial charge in [-0.1, -0.05) is 0 Å². The van der Waals surface area contributed by atoms with Gasteiger partial charge in [0.25, 0.3) is 0 Å². The summed E-state index contributed by atoms with van der Waals surface area (Å²) in [5.41, 5.74) is 0.932. The molecule has 0 saturated heterocycles. The number of hydrogen-bond acceptors (Lipinski definition) is 3. The van der Waals surface area contributed by atoms with Crippen LogP contribution in [0, 0.1) is 19.3 Å². The van der Waals surface area contributed by atoms with E-state index in [9.17, 15) is 5.11 Å². The maximum Gasteiger partial charge on any atom is 0.122 e. The molecule has 1 N–H and O–H groups in total. The third kappa shape index (κ3) is 2.04. The molecule has 0 aliphatic heterocycles. The molecule has 3 heteroatoms. The van der Waals surface area contributed by atoms with Crippen LogP contribution in [0.4, 0.5) is 0 Å². The van der Waals surface area contributed by atoms with Gasteiger partial charge < -0.3 is 5.11 Å². The second-order valence-corrected chi connectivity index (χ2v) is 3.14. The van der Waals surface area contributed by atoms with E-state index >= 15 is 0 Å². The van der Waals surface area contributed by atoms with Gasteiger partial charge in [0, 0.05) is 17.5 Å². The molecule has 1 heterocycles. The molecule has 0 spiro atoms. The molecular formula is C8H9NOS. The lowest BCUT2D eigenvalue weighted by Gasteiger charge is -1.99. The molecule has 0 saturated carbocycles. The predicted molar refractivity (Wildman–Crippen MR) is 45.3 cm³/mol. The van der Waals surface area contributed by atoms with Crippen molar-refractivity contribution < 1.29 is 5.11 Å². The number of nitrogens with zero attached hydrogens (tertiary/aromatic N) is 1. The van der Waals surface area contributed by atoms with E-state index < -0.39 is 6.10 Å². The lowest BCUT2D eigenvalue weighted by atomic mass is 10.3. The standard InChI is InChI=1S/C8H9NOS/c1-3-4-7(10)8-9-6(2)5-11-8/h1,5,7,10H,4H2,2H3. The lowest BCUT2D eigenvalue weighted by molar-refractivity contribution is 0.183. The molecular weight excluding hydrogens is 158 g/mol. The first-order valence-corrected chi connectivity index (χ1v) is 4.15.